The molecule has 1 nitrogen and oxygen atoms in total. The molecular weight excluding hydrogens is 156 g/mol. The monoisotopic (exact) mass is 164 g/mol. The van der Waals surface area contributed by atoms with Crippen LogP contribution >= 0.6 is 23.4 Å². The maximum absolute atomic E-state index is 10.6. The van der Waals surface area contributed by atoms with Gasteiger partial charge in [0.1, 0.15) is 0 Å². The Bertz CT molecular complexity index is 131. The Labute approximate surface area is 64.5 Å². The number of halogens is 1. The van der Waals surface area contributed by atoms with Crippen molar-refractivity contribution in [3.63, 3.8) is 0 Å². The lowest BCUT2D eigenvalue weighted by atomic mass is 10.4. The van der Waals surface area contributed by atoms with Crippen LogP contribution in [0.5, 0.6) is 0 Å². The van der Waals surface area contributed by atoms with Gasteiger partial charge in [0.25, 0.3) is 0 Å². The molecule has 0 aliphatic rings. The lowest BCUT2D eigenvalue weighted by molar-refractivity contribution is -0.112. The summed E-state index contributed by atoms with van der Waals surface area (Å²) in [5.41, 5.74) is 0. The predicted octanol–water partition coefficient (Wildman–Crippen LogP) is 2.41. The summed E-state index contributed by atoms with van der Waals surface area (Å²) in [5.74, 6) is 0.0863. The summed E-state index contributed by atoms with van der Waals surface area (Å²) in [6.45, 7) is 3.37. The quantitative estimate of drug-likeness (QED) is 0.471. The first-order chi connectivity index (χ1) is 4.22. The number of alkyl halides is 1. The van der Waals surface area contributed by atoms with Crippen molar-refractivity contribution in [2.75, 3.05) is 5.21 Å². The average molecular weight is 165 g/mol. The summed E-state index contributed by atoms with van der Waals surface area (Å²) in [6, 6.07) is 0. The van der Waals surface area contributed by atoms with E-state index in [-0.39, 0.29) is 5.78 Å². The number of rotatable bonds is 3. The Hall–Kier alpha value is 0.0500. The minimum absolute atomic E-state index is 0.0863. The Morgan fingerprint density at radius 3 is 2.44 bits per heavy atom. The van der Waals surface area contributed by atoms with Gasteiger partial charge in [0, 0.05) is 4.91 Å². The third-order valence-electron chi connectivity index (χ3n) is 0.819. The molecule has 0 aromatic carbocycles. The summed E-state index contributed by atoms with van der Waals surface area (Å²) in [7, 11) is 0. The van der Waals surface area contributed by atoms with Gasteiger partial charge in [0.2, 0.25) is 0 Å². The molecule has 3 heteroatoms. The number of allylic oxidation sites excluding steroid dienone is 2. The maximum atomic E-state index is 10.6. The molecule has 0 fully saturated rings. The first kappa shape index (κ1) is 9.05. The van der Waals surface area contributed by atoms with Crippen LogP contribution in [0.1, 0.15) is 13.8 Å². The number of Topliss-reactive ketones (excluding diaryl/α,β-unsaturated/α-hetero) is 1. The molecule has 0 bridgehead atoms. The van der Waals surface area contributed by atoms with Gasteiger partial charge in [0.05, 0.1) is 5.21 Å². The number of carbonyl (C=O) groups excluding carboxylic acids is 1. The van der Waals surface area contributed by atoms with Crippen LogP contribution in [0.15, 0.2) is 11.0 Å². The molecule has 0 heterocycles. The van der Waals surface area contributed by atoms with Crippen molar-refractivity contribution >= 4 is 29.1 Å². The zero-order chi connectivity index (χ0) is 7.28. The van der Waals surface area contributed by atoms with Crippen molar-refractivity contribution in [2.45, 2.75) is 13.8 Å². The summed E-state index contributed by atoms with van der Waals surface area (Å²) in [6.07, 6.45) is 1.77. The van der Waals surface area contributed by atoms with Crippen molar-refractivity contribution in [3.8, 4) is 0 Å². The lowest BCUT2D eigenvalue weighted by Crippen LogP contribution is -1.90. The summed E-state index contributed by atoms with van der Waals surface area (Å²) in [5, 5.41) is 0.444. The molecule has 0 aromatic heterocycles. The Morgan fingerprint density at radius 2 is 2.33 bits per heavy atom. The summed E-state index contributed by atoms with van der Waals surface area (Å²) < 4.78 is 0. The number of carbonyl (C=O) groups is 1. The number of ketones is 1. The van der Waals surface area contributed by atoms with Crippen LogP contribution in [-0.2, 0) is 4.79 Å². The van der Waals surface area contributed by atoms with Crippen LogP contribution < -0.4 is 0 Å². The molecule has 0 aromatic rings. The Kier molecular flexibility index (Phi) is 4.91. The Balaban J connectivity index is 3.85. The third kappa shape index (κ3) is 3.60. The highest BCUT2D eigenvalue weighted by Crippen LogP contribution is 2.16. The number of hydrogen-bond acceptors (Lipinski definition) is 2. The Morgan fingerprint density at radius 1 is 1.78 bits per heavy atom. The van der Waals surface area contributed by atoms with E-state index >= 15 is 0 Å². The molecule has 0 spiro atoms. The van der Waals surface area contributed by atoms with Gasteiger partial charge in [-0.2, -0.15) is 0 Å². The van der Waals surface area contributed by atoms with Crippen LogP contribution in [-0.4, -0.2) is 11.0 Å². The summed E-state index contributed by atoms with van der Waals surface area (Å²) in [4.78, 5) is 11.4. The second-order valence-electron chi connectivity index (χ2n) is 1.46. The smallest absolute Gasteiger partial charge is 0.165 e. The molecule has 0 saturated carbocycles. The molecule has 0 N–H and O–H groups in total. The fourth-order valence-corrected chi connectivity index (χ4v) is 1.29. The largest absolute Gasteiger partial charge is 0.294 e. The van der Waals surface area contributed by atoms with Gasteiger partial charge < -0.3 is 0 Å². The van der Waals surface area contributed by atoms with E-state index < -0.39 is 0 Å². The van der Waals surface area contributed by atoms with E-state index in [1.165, 1.54) is 18.7 Å². The molecular formula is C6H9ClOS. The fourth-order valence-electron chi connectivity index (χ4n) is 0.447. The van der Waals surface area contributed by atoms with Crippen LogP contribution in [0, 0.1) is 0 Å². The first-order valence-electron chi connectivity index (χ1n) is 2.58. The molecule has 0 atom stereocenters. The zero-order valence-electron chi connectivity index (χ0n) is 5.48. The van der Waals surface area contributed by atoms with E-state index in [1.807, 2.05) is 6.92 Å². The molecule has 0 aliphatic heterocycles. The maximum Gasteiger partial charge on any atom is 0.165 e. The van der Waals surface area contributed by atoms with Crippen molar-refractivity contribution < 1.29 is 4.79 Å². The van der Waals surface area contributed by atoms with E-state index in [0.717, 1.165) is 4.91 Å². The highest BCUT2D eigenvalue weighted by molar-refractivity contribution is 8.04. The van der Waals surface area contributed by atoms with Gasteiger partial charge in [-0.3, -0.25) is 4.79 Å². The highest BCUT2D eigenvalue weighted by Gasteiger charge is 1.99. The van der Waals surface area contributed by atoms with Crippen LogP contribution in [0.3, 0.4) is 0 Å². The van der Waals surface area contributed by atoms with E-state index in [0.29, 0.717) is 5.21 Å². The number of thioether (sulfide) groups is 1. The van der Waals surface area contributed by atoms with Gasteiger partial charge in [-0.15, -0.1) is 23.4 Å². The molecule has 52 valence electrons. The van der Waals surface area contributed by atoms with Crippen LogP contribution in [0.2, 0.25) is 0 Å². The van der Waals surface area contributed by atoms with E-state index in [4.69, 9.17) is 11.6 Å². The lowest BCUT2D eigenvalue weighted by Gasteiger charge is -1.95. The molecule has 9 heavy (non-hydrogen) atoms. The van der Waals surface area contributed by atoms with E-state index in [1.54, 1.807) is 6.08 Å². The highest BCUT2D eigenvalue weighted by atomic mass is 35.5. The van der Waals surface area contributed by atoms with Gasteiger partial charge in [-0.25, -0.2) is 0 Å². The first-order valence-corrected chi connectivity index (χ1v) is 4.10. The van der Waals surface area contributed by atoms with Crippen molar-refractivity contribution in [3.05, 3.63) is 11.0 Å². The third-order valence-corrected chi connectivity index (χ3v) is 2.09. The molecule has 0 saturated heterocycles. The fraction of sp³-hybridized carbons (Fsp3) is 0.500. The van der Waals surface area contributed by atoms with Crippen molar-refractivity contribution in [1.82, 2.24) is 0 Å². The zero-order valence-corrected chi connectivity index (χ0v) is 7.05. The average Bonchev–Trinajstić information content (AvgIpc) is 1.82. The molecule has 0 radical (unpaired) electrons. The molecule has 0 amide bonds. The second-order valence-corrected chi connectivity index (χ2v) is 3.06. The van der Waals surface area contributed by atoms with Crippen molar-refractivity contribution in [2.24, 2.45) is 0 Å². The number of hydrogen-bond donors (Lipinski definition) is 0. The van der Waals surface area contributed by atoms with Gasteiger partial charge in [-0.05, 0) is 13.8 Å². The molecule has 0 aliphatic carbocycles. The summed E-state index contributed by atoms with van der Waals surface area (Å²) >= 11 is 6.75. The molecule has 0 rings (SSSR count). The SMILES string of the molecule is C/C=C(\SCCl)C(C)=O. The van der Waals surface area contributed by atoms with E-state index in [2.05, 4.69) is 0 Å². The van der Waals surface area contributed by atoms with Gasteiger partial charge >= 0.3 is 0 Å². The topological polar surface area (TPSA) is 17.1 Å². The minimum atomic E-state index is 0.0863. The standard InChI is InChI=1S/C6H9ClOS/c1-3-6(5(2)8)9-4-7/h3H,4H2,1-2H3/b6-3-. The van der Waals surface area contributed by atoms with Crippen molar-refractivity contribution in [1.29, 1.82) is 0 Å². The normalized spacial score (nSPS) is 11.7. The van der Waals surface area contributed by atoms with Gasteiger partial charge in [-0.1, -0.05) is 6.08 Å². The second kappa shape index (κ2) is 4.89. The van der Waals surface area contributed by atoms with Gasteiger partial charge in [0.15, 0.2) is 5.78 Å². The van der Waals surface area contributed by atoms with Crippen LogP contribution in [0.25, 0.3) is 0 Å². The van der Waals surface area contributed by atoms with E-state index in [9.17, 15) is 4.79 Å². The predicted molar refractivity (Wildman–Crippen MR) is 42.7 cm³/mol. The van der Waals surface area contributed by atoms with Crippen LogP contribution in [0.4, 0.5) is 0 Å². The minimum Gasteiger partial charge on any atom is -0.294 e. The molecule has 0 unspecified atom stereocenters.